The molecule has 0 radical (unpaired) electrons. The van der Waals surface area contributed by atoms with E-state index in [2.05, 4.69) is 15.0 Å². The summed E-state index contributed by atoms with van der Waals surface area (Å²) in [4.78, 5) is 17.3. The van der Waals surface area contributed by atoms with Gasteiger partial charge in [-0.25, -0.2) is 8.42 Å². The average Bonchev–Trinajstić information content (AvgIpc) is 2.83. The summed E-state index contributed by atoms with van der Waals surface area (Å²) in [5.41, 5.74) is 1.54. The molecule has 1 amide bonds. The molecule has 162 valence electrons. The smallest absolute Gasteiger partial charge is 0.241 e. The fraction of sp³-hybridized carbons (Fsp3) is 0.120. The number of nitrogens with zero attached hydrogens (tertiary/aromatic N) is 1. The average molecular weight is 446 g/mol. The van der Waals surface area contributed by atoms with E-state index in [1.807, 2.05) is 60.7 Å². The Labute approximate surface area is 187 Å². The number of hydrogen-bond acceptors (Lipinski definition) is 4. The van der Waals surface area contributed by atoms with Gasteiger partial charge in [-0.05, 0) is 47.0 Å². The quantitative estimate of drug-likeness (QED) is 0.435. The number of pyridine rings is 1. The highest BCUT2D eigenvalue weighted by molar-refractivity contribution is 7.89. The zero-order valence-electron chi connectivity index (χ0n) is 17.3. The summed E-state index contributed by atoms with van der Waals surface area (Å²) in [7, 11) is -3.93. The van der Waals surface area contributed by atoms with Crippen molar-refractivity contribution in [1.29, 1.82) is 0 Å². The molecule has 7 heteroatoms. The van der Waals surface area contributed by atoms with Crippen LogP contribution in [0, 0.1) is 0 Å². The van der Waals surface area contributed by atoms with Crippen molar-refractivity contribution in [3.05, 3.63) is 108 Å². The van der Waals surface area contributed by atoms with Crippen molar-refractivity contribution in [1.82, 2.24) is 15.0 Å². The highest BCUT2D eigenvalue weighted by atomic mass is 32.2. The topological polar surface area (TPSA) is 88.2 Å². The summed E-state index contributed by atoms with van der Waals surface area (Å²) in [6.45, 7) is 0.211. The summed E-state index contributed by atoms with van der Waals surface area (Å²) in [5, 5.41) is 4.55. The molecule has 0 fully saturated rings. The fourth-order valence-corrected chi connectivity index (χ4v) is 4.66. The molecule has 1 aromatic heterocycles. The normalized spacial score (nSPS) is 12.4. The van der Waals surface area contributed by atoms with Crippen molar-refractivity contribution in [2.45, 2.75) is 23.9 Å². The number of carbonyl (C=O) groups excluding carboxylic acids is 1. The third-order valence-electron chi connectivity index (χ3n) is 5.10. The van der Waals surface area contributed by atoms with Gasteiger partial charge in [-0.3, -0.25) is 9.78 Å². The van der Waals surface area contributed by atoms with Gasteiger partial charge in [0, 0.05) is 6.20 Å². The lowest BCUT2D eigenvalue weighted by atomic mass is 10.1. The Morgan fingerprint density at radius 2 is 1.56 bits per heavy atom. The van der Waals surface area contributed by atoms with E-state index in [4.69, 9.17) is 0 Å². The van der Waals surface area contributed by atoms with E-state index < -0.39 is 22.0 Å². The van der Waals surface area contributed by atoms with Gasteiger partial charge in [0.05, 0.1) is 17.1 Å². The maximum atomic E-state index is 13.2. The van der Waals surface area contributed by atoms with Gasteiger partial charge in [0.2, 0.25) is 15.9 Å². The number of amides is 1. The minimum absolute atomic E-state index is 0.117. The molecule has 0 saturated carbocycles. The molecule has 2 N–H and O–H groups in total. The van der Waals surface area contributed by atoms with E-state index in [0.717, 1.165) is 16.3 Å². The van der Waals surface area contributed by atoms with Gasteiger partial charge in [0.15, 0.2) is 0 Å². The van der Waals surface area contributed by atoms with Crippen LogP contribution in [0.3, 0.4) is 0 Å². The van der Waals surface area contributed by atoms with Gasteiger partial charge in [-0.15, -0.1) is 0 Å². The van der Waals surface area contributed by atoms with Crippen molar-refractivity contribution in [3.63, 3.8) is 0 Å². The van der Waals surface area contributed by atoms with E-state index in [1.54, 1.807) is 36.5 Å². The number of aromatic nitrogens is 1. The molecular formula is C25H23N3O3S. The SMILES string of the molecule is O=C(NCc1ccccn1)[C@H](Cc1ccccc1)NS(=O)(=O)c1ccc2ccccc2c1. The Morgan fingerprint density at radius 1 is 0.844 bits per heavy atom. The van der Waals surface area contributed by atoms with Crippen LogP contribution in [-0.2, 0) is 27.8 Å². The van der Waals surface area contributed by atoms with Crippen LogP contribution in [0.5, 0.6) is 0 Å². The maximum absolute atomic E-state index is 13.2. The van der Waals surface area contributed by atoms with Crippen molar-refractivity contribution in [2.24, 2.45) is 0 Å². The molecule has 0 unspecified atom stereocenters. The van der Waals surface area contributed by atoms with Crippen LogP contribution >= 0.6 is 0 Å². The van der Waals surface area contributed by atoms with E-state index in [1.165, 1.54) is 0 Å². The number of carbonyl (C=O) groups is 1. The second kappa shape index (κ2) is 9.72. The van der Waals surface area contributed by atoms with Crippen LogP contribution in [0.4, 0.5) is 0 Å². The third kappa shape index (κ3) is 5.38. The number of nitrogens with one attached hydrogen (secondary N) is 2. The Bertz CT molecular complexity index is 1310. The van der Waals surface area contributed by atoms with Crippen LogP contribution < -0.4 is 10.0 Å². The lowest BCUT2D eigenvalue weighted by Crippen LogP contribution is -2.47. The zero-order chi connectivity index (χ0) is 22.4. The molecule has 1 heterocycles. The summed E-state index contributed by atoms with van der Waals surface area (Å²) in [6, 6.07) is 26.2. The molecule has 32 heavy (non-hydrogen) atoms. The first-order valence-electron chi connectivity index (χ1n) is 10.2. The molecule has 0 saturated heterocycles. The lowest BCUT2D eigenvalue weighted by Gasteiger charge is -2.19. The van der Waals surface area contributed by atoms with E-state index in [-0.39, 0.29) is 17.9 Å². The highest BCUT2D eigenvalue weighted by Gasteiger charge is 2.26. The van der Waals surface area contributed by atoms with Crippen LogP contribution in [0.1, 0.15) is 11.3 Å². The first-order valence-corrected chi connectivity index (χ1v) is 11.7. The molecule has 6 nitrogen and oxygen atoms in total. The van der Waals surface area contributed by atoms with Crippen LogP contribution in [0.25, 0.3) is 10.8 Å². The molecule has 4 aromatic rings. The standard InChI is InChI=1S/C25H23N3O3S/c29-25(27-18-22-12-6-7-15-26-22)24(16-19-8-2-1-3-9-19)28-32(30,31)23-14-13-20-10-4-5-11-21(20)17-23/h1-15,17,24,28H,16,18H2,(H,27,29)/t24-/m0/s1. The zero-order valence-corrected chi connectivity index (χ0v) is 18.1. The molecule has 3 aromatic carbocycles. The van der Waals surface area contributed by atoms with Crippen LogP contribution in [0.2, 0.25) is 0 Å². The monoisotopic (exact) mass is 445 g/mol. The Balaban J connectivity index is 1.57. The van der Waals surface area contributed by atoms with E-state index >= 15 is 0 Å². The van der Waals surface area contributed by atoms with Crippen LogP contribution in [0.15, 0.2) is 102 Å². The molecule has 1 atom stereocenters. The van der Waals surface area contributed by atoms with Crippen molar-refractivity contribution < 1.29 is 13.2 Å². The predicted octanol–water partition coefficient (Wildman–Crippen LogP) is 3.44. The predicted molar refractivity (Wildman–Crippen MR) is 124 cm³/mol. The first-order chi connectivity index (χ1) is 15.5. The first kappa shape index (κ1) is 21.7. The Morgan fingerprint density at radius 3 is 2.31 bits per heavy atom. The van der Waals surface area contributed by atoms with E-state index in [9.17, 15) is 13.2 Å². The minimum atomic E-state index is -3.93. The summed E-state index contributed by atoms with van der Waals surface area (Å²) in [6.07, 6.45) is 1.87. The second-order valence-electron chi connectivity index (χ2n) is 7.41. The Kier molecular flexibility index (Phi) is 6.58. The number of rotatable bonds is 8. The van der Waals surface area contributed by atoms with Crippen LogP contribution in [-0.4, -0.2) is 25.4 Å². The third-order valence-corrected chi connectivity index (χ3v) is 6.57. The maximum Gasteiger partial charge on any atom is 0.241 e. The number of sulfonamides is 1. The van der Waals surface area contributed by atoms with Crippen molar-refractivity contribution >= 4 is 26.7 Å². The van der Waals surface area contributed by atoms with Gasteiger partial charge >= 0.3 is 0 Å². The van der Waals surface area contributed by atoms with Gasteiger partial charge in [0.1, 0.15) is 6.04 Å². The van der Waals surface area contributed by atoms with Gasteiger partial charge in [-0.1, -0.05) is 66.7 Å². The Hall–Kier alpha value is -3.55. The minimum Gasteiger partial charge on any atom is -0.349 e. The van der Waals surface area contributed by atoms with Crippen molar-refractivity contribution in [2.75, 3.05) is 0 Å². The van der Waals surface area contributed by atoms with Gasteiger partial charge in [-0.2, -0.15) is 4.72 Å². The summed E-state index contributed by atoms with van der Waals surface area (Å²) >= 11 is 0. The second-order valence-corrected chi connectivity index (χ2v) is 9.13. The molecule has 0 aliphatic heterocycles. The number of benzene rings is 3. The van der Waals surface area contributed by atoms with Gasteiger partial charge in [0.25, 0.3) is 0 Å². The molecule has 0 aliphatic rings. The molecule has 0 bridgehead atoms. The van der Waals surface area contributed by atoms with Crippen molar-refractivity contribution in [3.8, 4) is 0 Å². The summed E-state index contributed by atoms with van der Waals surface area (Å²) in [5.74, 6) is -0.413. The van der Waals surface area contributed by atoms with Gasteiger partial charge < -0.3 is 5.32 Å². The number of fused-ring (bicyclic) bond motifs is 1. The molecular weight excluding hydrogens is 422 g/mol. The molecule has 4 rings (SSSR count). The molecule has 0 aliphatic carbocycles. The number of hydrogen-bond donors (Lipinski definition) is 2. The molecule has 0 spiro atoms. The summed E-state index contributed by atoms with van der Waals surface area (Å²) < 4.78 is 28.9. The fourth-order valence-electron chi connectivity index (χ4n) is 3.43. The largest absolute Gasteiger partial charge is 0.349 e. The highest BCUT2D eigenvalue weighted by Crippen LogP contribution is 2.19. The van der Waals surface area contributed by atoms with E-state index in [0.29, 0.717) is 5.69 Å². The lowest BCUT2D eigenvalue weighted by molar-refractivity contribution is -0.122.